The second-order valence-electron chi connectivity index (χ2n) is 7.96. The van der Waals surface area contributed by atoms with Crippen LogP contribution in [0.2, 0.25) is 0 Å². The molecule has 2 saturated heterocycles. The van der Waals surface area contributed by atoms with Gasteiger partial charge in [-0.2, -0.15) is 0 Å². The van der Waals surface area contributed by atoms with E-state index in [1.54, 1.807) is 0 Å². The van der Waals surface area contributed by atoms with E-state index in [4.69, 9.17) is 4.74 Å². The van der Waals surface area contributed by atoms with E-state index in [-0.39, 0.29) is 0 Å². The summed E-state index contributed by atoms with van der Waals surface area (Å²) in [6.07, 6.45) is 11.4. The minimum absolute atomic E-state index is 0.384. The fraction of sp³-hybridized carbons (Fsp3) is 1.00. The predicted molar refractivity (Wildman–Crippen MR) is 87.6 cm³/mol. The lowest BCUT2D eigenvalue weighted by molar-refractivity contribution is 0.0585. The fourth-order valence-electron chi connectivity index (χ4n) is 4.78. The third kappa shape index (κ3) is 3.80. The summed E-state index contributed by atoms with van der Waals surface area (Å²) in [4.78, 5) is 2.74. The van der Waals surface area contributed by atoms with E-state index in [1.165, 1.54) is 71.0 Å². The maximum Gasteiger partial charge on any atom is 0.0547 e. The molecule has 1 aliphatic carbocycles. The van der Waals surface area contributed by atoms with Crippen LogP contribution in [0.1, 0.15) is 58.3 Å². The molecule has 3 aliphatic rings. The third-order valence-corrected chi connectivity index (χ3v) is 6.25. The average Bonchev–Trinajstić information content (AvgIpc) is 3.13. The summed E-state index contributed by atoms with van der Waals surface area (Å²) in [6.45, 7) is 10.4. The van der Waals surface area contributed by atoms with Crippen molar-refractivity contribution >= 4 is 0 Å². The first-order valence-corrected chi connectivity index (χ1v) is 9.27. The molecule has 1 atom stereocenters. The van der Waals surface area contributed by atoms with E-state index in [1.807, 2.05) is 0 Å². The van der Waals surface area contributed by atoms with E-state index >= 15 is 0 Å². The molecule has 1 N–H and O–H groups in total. The van der Waals surface area contributed by atoms with Crippen LogP contribution in [0, 0.1) is 10.8 Å². The molecule has 0 aromatic carbocycles. The molecule has 1 spiro atoms. The molecule has 0 amide bonds. The van der Waals surface area contributed by atoms with Crippen molar-refractivity contribution < 1.29 is 4.74 Å². The Morgan fingerprint density at radius 2 is 1.81 bits per heavy atom. The van der Waals surface area contributed by atoms with E-state index in [0.29, 0.717) is 5.41 Å². The Morgan fingerprint density at radius 1 is 1.05 bits per heavy atom. The second-order valence-corrected chi connectivity index (χ2v) is 7.96. The number of ether oxygens (including phenoxy) is 1. The fourth-order valence-corrected chi connectivity index (χ4v) is 4.78. The van der Waals surface area contributed by atoms with Gasteiger partial charge in [0.2, 0.25) is 0 Å². The largest absolute Gasteiger partial charge is 0.381 e. The van der Waals surface area contributed by atoms with Crippen molar-refractivity contribution in [3.05, 3.63) is 0 Å². The van der Waals surface area contributed by atoms with Crippen LogP contribution in [0.25, 0.3) is 0 Å². The van der Waals surface area contributed by atoms with Gasteiger partial charge in [0.05, 0.1) is 6.61 Å². The molecule has 122 valence electrons. The molecular weight excluding hydrogens is 260 g/mol. The van der Waals surface area contributed by atoms with E-state index in [0.717, 1.165) is 31.7 Å². The van der Waals surface area contributed by atoms with Crippen LogP contribution in [-0.4, -0.2) is 50.8 Å². The van der Waals surface area contributed by atoms with Crippen LogP contribution in [0.4, 0.5) is 0 Å². The molecule has 3 rings (SSSR count). The first kappa shape index (κ1) is 15.8. The highest BCUT2D eigenvalue weighted by molar-refractivity contribution is 4.93. The molecule has 3 heteroatoms. The highest BCUT2D eigenvalue weighted by Crippen LogP contribution is 2.46. The number of rotatable bonds is 6. The van der Waals surface area contributed by atoms with E-state index in [2.05, 4.69) is 17.1 Å². The molecule has 0 aromatic heterocycles. The predicted octanol–water partition coefficient (Wildman–Crippen LogP) is 3.05. The van der Waals surface area contributed by atoms with Crippen molar-refractivity contribution in [3.63, 3.8) is 0 Å². The molecule has 21 heavy (non-hydrogen) atoms. The number of nitrogens with zero attached hydrogens (tertiary/aromatic N) is 1. The highest BCUT2D eigenvalue weighted by Gasteiger charge is 2.40. The maximum atomic E-state index is 5.76. The summed E-state index contributed by atoms with van der Waals surface area (Å²) in [7, 11) is 0. The van der Waals surface area contributed by atoms with Crippen LogP contribution in [0.5, 0.6) is 0 Å². The summed E-state index contributed by atoms with van der Waals surface area (Å²) in [5.74, 6) is 0. The van der Waals surface area contributed by atoms with Crippen LogP contribution >= 0.6 is 0 Å². The Labute approximate surface area is 130 Å². The summed E-state index contributed by atoms with van der Waals surface area (Å²) in [5, 5.41) is 3.65. The minimum Gasteiger partial charge on any atom is -0.381 e. The van der Waals surface area contributed by atoms with Crippen molar-refractivity contribution in [2.75, 3.05) is 45.9 Å². The Balaban J connectivity index is 1.50. The summed E-state index contributed by atoms with van der Waals surface area (Å²) in [5.41, 5.74) is 1.13. The van der Waals surface area contributed by atoms with Gasteiger partial charge < -0.3 is 15.0 Å². The van der Waals surface area contributed by atoms with Gasteiger partial charge in [-0.25, -0.2) is 0 Å². The normalized spacial score (nSPS) is 33.0. The molecule has 1 unspecified atom stereocenters. The molecular formula is C18H34N2O. The van der Waals surface area contributed by atoms with Gasteiger partial charge in [-0.05, 0) is 63.6 Å². The van der Waals surface area contributed by atoms with E-state index < -0.39 is 0 Å². The van der Waals surface area contributed by atoms with Gasteiger partial charge in [0.25, 0.3) is 0 Å². The summed E-state index contributed by atoms with van der Waals surface area (Å²) in [6, 6.07) is 0. The van der Waals surface area contributed by atoms with Crippen LogP contribution in [0.3, 0.4) is 0 Å². The summed E-state index contributed by atoms with van der Waals surface area (Å²) >= 11 is 0. The highest BCUT2D eigenvalue weighted by atomic mass is 16.5. The Hall–Kier alpha value is -0.120. The smallest absolute Gasteiger partial charge is 0.0547 e. The first-order chi connectivity index (χ1) is 10.3. The number of hydrogen-bond donors (Lipinski definition) is 1. The van der Waals surface area contributed by atoms with Crippen LogP contribution in [-0.2, 0) is 4.74 Å². The quantitative estimate of drug-likeness (QED) is 0.762. The molecule has 2 heterocycles. The Bertz CT molecular complexity index is 309. The number of piperidine rings is 1. The summed E-state index contributed by atoms with van der Waals surface area (Å²) < 4.78 is 5.76. The Kier molecular flexibility index (Phi) is 5.23. The van der Waals surface area contributed by atoms with Crippen LogP contribution < -0.4 is 5.32 Å². The van der Waals surface area contributed by atoms with Gasteiger partial charge in [0.15, 0.2) is 0 Å². The Morgan fingerprint density at radius 3 is 2.43 bits per heavy atom. The van der Waals surface area contributed by atoms with Gasteiger partial charge in [-0.15, -0.1) is 0 Å². The standard InChI is InChI=1S/C18H34N2O/c1-2-10-19-14-18(9-13-21-16-18)15-20-11-7-17(8-12-20)5-3-4-6-17/h19H,2-16H2,1H3. The zero-order chi connectivity index (χ0) is 14.6. The second kappa shape index (κ2) is 6.97. The van der Waals surface area contributed by atoms with Gasteiger partial charge in [0.1, 0.15) is 0 Å². The third-order valence-electron chi connectivity index (χ3n) is 6.25. The molecule has 1 saturated carbocycles. The number of nitrogens with one attached hydrogen (secondary N) is 1. The van der Waals surface area contributed by atoms with E-state index in [9.17, 15) is 0 Å². The first-order valence-electron chi connectivity index (χ1n) is 9.27. The van der Waals surface area contributed by atoms with Gasteiger partial charge in [-0.1, -0.05) is 19.8 Å². The lowest BCUT2D eigenvalue weighted by Crippen LogP contribution is -2.48. The zero-order valence-electron chi connectivity index (χ0n) is 14.0. The molecule has 2 aliphatic heterocycles. The van der Waals surface area contributed by atoms with Gasteiger partial charge in [-0.3, -0.25) is 0 Å². The monoisotopic (exact) mass is 294 g/mol. The molecule has 0 radical (unpaired) electrons. The molecule has 0 bridgehead atoms. The van der Waals surface area contributed by atoms with Crippen LogP contribution in [0.15, 0.2) is 0 Å². The minimum atomic E-state index is 0.384. The average molecular weight is 294 g/mol. The van der Waals surface area contributed by atoms with Crippen molar-refractivity contribution in [2.24, 2.45) is 10.8 Å². The molecule has 3 nitrogen and oxygen atoms in total. The van der Waals surface area contributed by atoms with Crippen molar-refractivity contribution in [1.29, 1.82) is 0 Å². The molecule has 3 fully saturated rings. The van der Waals surface area contributed by atoms with Crippen molar-refractivity contribution in [3.8, 4) is 0 Å². The topological polar surface area (TPSA) is 24.5 Å². The van der Waals surface area contributed by atoms with Crippen molar-refractivity contribution in [1.82, 2.24) is 10.2 Å². The number of hydrogen-bond acceptors (Lipinski definition) is 3. The lowest BCUT2D eigenvalue weighted by atomic mass is 9.76. The molecule has 0 aromatic rings. The lowest BCUT2D eigenvalue weighted by Gasteiger charge is -2.42. The van der Waals surface area contributed by atoms with Crippen molar-refractivity contribution in [2.45, 2.75) is 58.3 Å². The van der Waals surface area contributed by atoms with Gasteiger partial charge >= 0.3 is 0 Å². The number of likely N-dealkylation sites (tertiary alicyclic amines) is 1. The maximum absolute atomic E-state index is 5.76. The SMILES string of the molecule is CCCNCC1(CN2CCC3(CCCC3)CC2)CCOC1. The van der Waals surface area contributed by atoms with Gasteiger partial charge in [0, 0.05) is 25.1 Å². The zero-order valence-corrected chi connectivity index (χ0v) is 14.0.